The highest BCUT2D eigenvalue weighted by Crippen LogP contribution is 2.58. The number of halogens is 2. The minimum Gasteiger partial charge on any atom is -0.378 e. The zero-order valence-corrected chi connectivity index (χ0v) is 22.1. The van der Waals surface area contributed by atoms with E-state index in [1.54, 1.807) is 30.3 Å². The lowest BCUT2D eigenvalue weighted by atomic mass is 9.77. The second-order valence-electron chi connectivity index (χ2n) is 8.72. The fourth-order valence-corrected chi connectivity index (χ4v) is 7.90. The van der Waals surface area contributed by atoms with E-state index in [9.17, 15) is 18.5 Å². The number of nitro benzene ring substituents is 1. The van der Waals surface area contributed by atoms with Crippen LogP contribution in [0.5, 0.6) is 0 Å². The minimum absolute atomic E-state index is 0.0394. The Hall–Kier alpha value is -2.11. The van der Waals surface area contributed by atoms with E-state index < -0.39 is 10.0 Å². The van der Waals surface area contributed by atoms with Crippen LogP contribution < -0.4 is 10.5 Å². The summed E-state index contributed by atoms with van der Waals surface area (Å²) in [7, 11) is -3.89. The van der Waals surface area contributed by atoms with E-state index in [4.69, 9.17) is 16.7 Å². The van der Waals surface area contributed by atoms with Gasteiger partial charge in [-0.25, -0.2) is 13.6 Å². The first-order chi connectivity index (χ1) is 16.6. The molecule has 1 heterocycles. The number of hydrogen-bond donors (Lipinski definition) is 2. The first-order valence-corrected chi connectivity index (χ1v) is 14.5. The normalized spacial score (nSPS) is 25.4. The number of hydrogen-bond acceptors (Lipinski definition) is 6. The van der Waals surface area contributed by atoms with E-state index in [1.807, 2.05) is 24.3 Å². The van der Waals surface area contributed by atoms with E-state index in [-0.39, 0.29) is 44.0 Å². The van der Waals surface area contributed by atoms with Gasteiger partial charge in [0, 0.05) is 27.4 Å². The number of primary sulfonamides is 1. The Bertz CT molecular complexity index is 1400. The summed E-state index contributed by atoms with van der Waals surface area (Å²) in [5.74, 6) is -0.120. The van der Waals surface area contributed by atoms with Crippen molar-refractivity contribution < 1.29 is 13.3 Å². The van der Waals surface area contributed by atoms with Crippen molar-refractivity contribution in [3.63, 3.8) is 0 Å². The van der Waals surface area contributed by atoms with E-state index in [0.29, 0.717) is 11.3 Å². The molecular formula is C24H21BrClN3O4S2. The Morgan fingerprint density at radius 2 is 1.83 bits per heavy atom. The van der Waals surface area contributed by atoms with Gasteiger partial charge in [0.25, 0.3) is 5.69 Å². The molecule has 1 fully saturated rings. The summed E-state index contributed by atoms with van der Waals surface area (Å²) in [6.07, 6.45) is 0.697. The molecule has 5 rings (SSSR count). The molecule has 1 aliphatic carbocycles. The molecule has 0 amide bonds. The van der Waals surface area contributed by atoms with Crippen LogP contribution in [0.3, 0.4) is 0 Å². The van der Waals surface area contributed by atoms with Gasteiger partial charge in [0.15, 0.2) is 0 Å². The molecule has 2 aliphatic rings. The molecule has 35 heavy (non-hydrogen) atoms. The van der Waals surface area contributed by atoms with Gasteiger partial charge >= 0.3 is 0 Å². The van der Waals surface area contributed by atoms with Crippen LogP contribution in [-0.2, 0) is 10.0 Å². The van der Waals surface area contributed by atoms with Crippen LogP contribution in [0.25, 0.3) is 0 Å². The van der Waals surface area contributed by atoms with E-state index in [1.165, 1.54) is 23.9 Å². The summed E-state index contributed by atoms with van der Waals surface area (Å²) in [6, 6.07) is 19.5. The molecule has 0 aromatic heterocycles. The maximum Gasteiger partial charge on any atom is 0.282 e. The van der Waals surface area contributed by atoms with Crippen LogP contribution in [0.4, 0.5) is 11.4 Å². The largest absolute Gasteiger partial charge is 0.378 e. The highest BCUT2D eigenvalue weighted by Gasteiger charge is 2.50. The number of nitro groups is 1. The number of alkyl halides is 1. The van der Waals surface area contributed by atoms with Crippen molar-refractivity contribution in [2.75, 3.05) is 5.32 Å². The van der Waals surface area contributed by atoms with Gasteiger partial charge in [-0.3, -0.25) is 10.1 Å². The molecule has 1 saturated carbocycles. The number of rotatable bonds is 5. The molecule has 0 saturated heterocycles. The number of nitrogens with two attached hydrogens (primary N) is 1. The van der Waals surface area contributed by atoms with Gasteiger partial charge in [-0.2, -0.15) is 0 Å². The molecule has 3 aromatic rings. The van der Waals surface area contributed by atoms with Crippen molar-refractivity contribution in [3.8, 4) is 0 Å². The van der Waals surface area contributed by atoms with Crippen LogP contribution in [0.1, 0.15) is 29.5 Å². The van der Waals surface area contributed by atoms with Crippen molar-refractivity contribution in [1.29, 1.82) is 0 Å². The maximum atomic E-state index is 12.1. The van der Waals surface area contributed by atoms with Gasteiger partial charge in [0.1, 0.15) is 0 Å². The summed E-state index contributed by atoms with van der Waals surface area (Å²) in [5, 5.41) is 20.1. The Balaban J connectivity index is 1.57. The van der Waals surface area contributed by atoms with Crippen LogP contribution >= 0.6 is 39.3 Å². The molecule has 3 N–H and O–H groups in total. The monoisotopic (exact) mass is 593 g/mol. The van der Waals surface area contributed by atoms with Gasteiger partial charge in [0.05, 0.1) is 26.1 Å². The second kappa shape index (κ2) is 9.40. The Morgan fingerprint density at radius 3 is 2.51 bits per heavy atom. The first-order valence-electron chi connectivity index (χ1n) is 10.9. The molecule has 182 valence electrons. The number of anilines is 1. The van der Waals surface area contributed by atoms with Gasteiger partial charge < -0.3 is 5.32 Å². The number of fused-ring (bicyclic) bond motifs is 3. The van der Waals surface area contributed by atoms with E-state index >= 15 is 0 Å². The number of benzene rings is 3. The van der Waals surface area contributed by atoms with Crippen molar-refractivity contribution in [1.82, 2.24) is 0 Å². The number of sulfonamides is 1. The quantitative estimate of drug-likeness (QED) is 0.211. The number of para-hydroxylation sites is 1. The van der Waals surface area contributed by atoms with Gasteiger partial charge in [-0.05, 0) is 59.9 Å². The summed E-state index contributed by atoms with van der Waals surface area (Å²) in [4.78, 5) is 11.8. The third-order valence-corrected chi connectivity index (χ3v) is 10.2. The molecule has 1 aliphatic heterocycles. The summed E-state index contributed by atoms with van der Waals surface area (Å²) in [5.41, 5.74) is 2.76. The lowest BCUT2D eigenvalue weighted by Crippen LogP contribution is -2.31. The Kier molecular flexibility index (Phi) is 6.60. The fraction of sp³-hybridized carbons (Fsp3) is 0.250. The van der Waals surface area contributed by atoms with Crippen molar-refractivity contribution in [3.05, 3.63) is 92.4 Å². The minimum atomic E-state index is -3.89. The fourth-order valence-electron chi connectivity index (χ4n) is 5.14. The van der Waals surface area contributed by atoms with Crippen molar-refractivity contribution in [2.24, 2.45) is 11.1 Å². The van der Waals surface area contributed by atoms with E-state index in [0.717, 1.165) is 21.3 Å². The SMILES string of the molecule is NS(=O)(=O)c1ccc2c(c1)C1C(Cl)C(Sc3ccccc3[N+](=O)[O-])CC1C(c1ccc(Br)cc1)N2. The topological polar surface area (TPSA) is 115 Å². The average Bonchev–Trinajstić information content (AvgIpc) is 3.14. The zero-order valence-electron chi connectivity index (χ0n) is 18.2. The molecule has 5 atom stereocenters. The number of nitrogens with one attached hydrogen (secondary N) is 1. The molecule has 3 aromatic carbocycles. The maximum absolute atomic E-state index is 12.1. The van der Waals surface area contributed by atoms with Crippen LogP contribution in [0, 0.1) is 16.0 Å². The van der Waals surface area contributed by atoms with Crippen LogP contribution in [0.15, 0.2) is 81.0 Å². The Labute approximate surface area is 220 Å². The van der Waals surface area contributed by atoms with Crippen molar-refractivity contribution in [2.45, 2.75) is 38.8 Å². The van der Waals surface area contributed by atoms with Crippen LogP contribution in [0.2, 0.25) is 0 Å². The molecule has 7 nitrogen and oxygen atoms in total. The molecule has 0 radical (unpaired) electrons. The van der Waals surface area contributed by atoms with Crippen molar-refractivity contribution >= 4 is 60.7 Å². The number of nitrogens with zero attached hydrogens (tertiary/aromatic N) is 1. The molecular weight excluding hydrogens is 574 g/mol. The van der Waals surface area contributed by atoms with Gasteiger partial charge in [0.2, 0.25) is 10.0 Å². The molecule has 11 heteroatoms. The lowest BCUT2D eigenvalue weighted by Gasteiger charge is -2.38. The zero-order chi connectivity index (χ0) is 24.9. The smallest absolute Gasteiger partial charge is 0.282 e. The molecule has 0 bridgehead atoms. The lowest BCUT2D eigenvalue weighted by molar-refractivity contribution is -0.387. The predicted octanol–water partition coefficient (Wildman–Crippen LogP) is 6.04. The summed E-state index contributed by atoms with van der Waals surface area (Å²) < 4.78 is 25.1. The summed E-state index contributed by atoms with van der Waals surface area (Å²) in [6.45, 7) is 0. The summed E-state index contributed by atoms with van der Waals surface area (Å²) >= 11 is 12.0. The average molecular weight is 595 g/mol. The predicted molar refractivity (Wildman–Crippen MR) is 142 cm³/mol. The number of thioether (sulfide) groups is 1. The first kappa shape index (κ1) is 24.6. The highest BCUT2D eigenvalue weighted by atomic mass is 79.9. The third kappa shape index (κ3) is 4.70. The molecule has 0 spiro atoms. The standard InChI is InChI=1S/C24H21BrClN3O4S2/c25-14-7-5-13(6-8-14)24-17-12-21(34-20-4-2-1-3-19(20)29(30)31)23(26)22(17)16-11-15(35(27,32)33)9-10-18(16)28-24/h1-11,17,21-24,28H,12H2,(H2,27,32,33). The van der Waals surface area contributed by atoms with Gasteiger partial charge in [-0.15, -0.1) is 23.4 Å². The third-order valence-electron chi connectivity index (χ3n) is 6.68. The molecule has 5 unspecified atom stereocenters. The second-order valence-corrected chi connectivity index (χ2v) is 13.0. The highest BCUT2D eigenvalue weighted by molar-refractivity contribution is 9.10. The van der Waals surface area contributed by atoms with Crippen LogP contribution in [-0.4, -0.2) is 24.0 Å². The van der Waals surface area contributed by atoms with Gasteiger partial charge in [-0.1, -0.05) is 40.2 Å². The Morgan fingerprint density at radius 1 is 1.11 bits per heavy atom. The van der Waals surface area contributed by atoms with E-state index in [2.05, 4.69) is 21.2 Å².